The lowest BCUT2D eigenvalue weighted by molar-refractivity contribution is 0.302. The first kappa shape index (κ1) is 12.0. The highest BCUT2D eigenvalue weighted by Gasteiger charge is 2.18. The predicted molar refractivity (Wildman–Crippen MR) is 56.1 cm³/mol. The molecule has 0 heterocycles. The standard InChI is InChI=1S/C11H25N/c1-5-7-10(8-6-2)11(12)9(3)4/h9-11H,5-8,12H2,1-4H3. The molecule has 0 rings (SSSR count). The summed E-state index contributed by atoms with van der Waals surface area (Å²) in [5.41, 5.74) is 6.13. The van der Waals surface area contributed by atoms with Crippen molar-refractivity contribution in [1.29, 1.82) is 0 Å². The minimum atomic E-state index is 0.407. The summed E-state index contributed by atoms with van der Waals surface area (Å²) in [6, 6.07) is 0.407. The molecule has 0 aromatic carbocycles. The monoisotopic (exact) mass is 171 g/mol. The third-order valence-corrected chi connectivity index (χ3v) is 2.63. The Morgan fingerprint density at radius 3 is 1.67 bits per heavy atom. The molecule has 0 aromatic heterocycles. The van der Waals surface area contributed by atoms with Crippen molar-refractivity contribution < 1.29 is 0 Å². The van der Waals surface area contributed by atoms with E-state index in [2.05, 4.69) is 27.7 Å². The Bertz CT molecular complexity index is 93.2. The van der Waals surface area contributed by atoms with E-state index in [9.17, 15) is 0 Å². The zero-order valence-corrected chi connectivity index (χ0v) is 9.14. The lowest BCUT2D eigenvalue weighted by atomic mass is 9.85. The number of nitrogens with two attached hydrogens (primary N) is 1. The van der Waals surface area contributed by atoms with Gasteiger partial charge >= 0.3 is 0 Å². The highest BCUT2D eigenvalue weighted by atomic mass is 14.7. The molecule has 0 saturated carbocycles. The van der Waals surface area contributed by atoms with Gasteiger partial charge in [0.1, 0.15) is 0 Å². The van der Waals surface area contributed by atoms with Crippen LogP contribution in [0.1, 0.15) is 53.4 Å². The minimum Gasteiger partial charge on any atom is -0.327 e. The van der Waals surface area contributed by atoms with Gasteiger partial charge in [-0.2, -0.15) is 0 Å². The van der Waals surface area contributed by atoms with Gasteiger partial charge in [-0.15, -0.1) is 0 Å². The van der Waals surface area contributed by atoms with E-state index < -0.39 is 0 Å². The molecule has 0 aromatic rings. The number of hydrogen-bond donors (Lipinski definition) is 1. The summed E-state index contributed by atoms with van der Waals surface area (Å²) in [6.45, 7) is 8.94. The van der Waals surface area contributed by atoms with E-state index in [1.165, 1.54) is 25.7 Å². The molecule has 0 amide bonds. The lowest BCUT2D eigenvalue weighted by Crippen LogP contribution is -2.35. The molecule has 0 fully saturated rings. The van der Waals surface area contributed by atoms with Gasteiger partial charge < -0.3 is 5.73 Å². The second kappa shape index (κ2) is 6.47. The zero-order chi connectivity index (χ0) is 9.56. The van der Waals surface area contributed by atoms with E-state index in [0.29, 0.717) is 12.0 Å². The van der Waals surface area contributed by atoms with E-state index in [0.717, 1.165) is 5.92 Å². The molecule has 74 valence electrons. The van der Waals surface area contributed by atoms with E-state index in [1.54, 1.807) is 0 Å². The van der Waals surface area contributed by atoms with Crippen LogP contribution in [0.5, 0.6) is 0 Å². The minimum absolute atomic E-state index is 0.407. The van der Waals surface area contributed by atoms with Crippen LogP contribution in [-0.4, -0.2) is 6.04 Å². The lowest BCUT2D eigenvalue weighted by Gasteiger charge is -2.26. The highest BCUT2D eigenvalue weighted by Crippen LogP contribution is 2.20. The average molecular weight is 171 g/mol. The second-order valence-corrected chi connectivity index (χ2v) is 4.16. The third kappa shape index (κ3) is 4.10. The molecule has 0 radical (unpaired) electrons. The molecule has 2 N–H and O–H groups in total. The molecule has 1 nitrogen and oxygen atoms in total. The molecule has 0 saturated heterocycles. The molecule has 0 aliphatic rings. The Kier molecular flexibility index (Phi) is 6.45. The molecule has 0 aliphatic carbocycles. The second-order valence-electron chi connectivity index (χ2n) is 4.16. The molecule has 1 atom stereocenters. The predicted octanol–water partition coefficient (Wildman–Crippen LogP) is 3.19. The summed E-state index contributed by atoms with van der Waals surface area (Å²) >= 11 is 0. The van der Waals surface area contributed by atoms with Gasteiger partial charge in [0.05, 0.1) is 0 Å². The molecule has 0 bridgehead atoms. The van der Waals surface area contributed by atoms with Gasteiger partial charge in [0.15, 0.2) is 0 Å². The molecular formula is C11H25N. The first-order valence-corrected chi connectivity index (χ1v) is 5.39. The van der Waals surface area contributed by atoms with Gasteiger partial charge in [0.25, 0.3) is 0 Å². The maximum Gasteiger partial charge on any atom is 0.00903 e. The van der Waals surface area contributed by atoms with Crippen LogP contribution in [0.2, 0.25) is 0 Å². The summed E-state index contributed by atoms with van der Waals surface area (Å²) in [7, 11) is 0. The van der Waals surface area contributed by atoms with Crippen molar-refractivity contribution in [2.24, 2.45) is 17.6 Å². The SMILES string of the molecule is CCCC(CCC)C(N)C(C)C. The Labute approximate surface area is 77.7 Å². The molecule has 1 unspecified atom stereocenters. The maximum absolute atomic E-state index is 6.13. The maximum atomic E-state index is 6.13. The summed E-state index contributed by atoms with van der Waals surface area (Å²) < 4.78 is 0. The fourth-order valence-corrected chi connectivity index (χ4v) is 1.82. The first-order valence-electron chi connectivity index (χ1n) is 5.39. The Morgan fingerprint density at radius 2 is 1.42 bits per heavy atom. The number of hydrogen-bond acceptors (Lipinski definition) is 1. The molecule has 1 heteroatoms. The normalized spacial score (nSPS) is 14.2. The van der Waals surface area contributed by atoms with Crippen molar-refractivity contribution in [3.05, 3.63) is 0 Å². The van der Waals surface area contributed by atoms with Crippen LogP contribution in [0.4, 0.5) is 0 Å². The van der Waals surface area contributed by atoms with Crippen LogP contribution in [0, 0.1) is 11.8 Å². The van der Waals surface area contributed by atoms with E-state index in [4.69, 9.17) is 5.73 Å². The topological polar surface area (TPSA) is 26.0 Å². The van der Waals surface area contributed by atoms with Crippen LogP contribution in [0.25, 0.3) is 0 Å². The van der Waals surface area contributed by atoms with Crippen molar-refractivity contribution in [3.63, 3.8) is 0 Å². The smallest absolute Gasteiger partial charge is 0.00903 e. The molecule has 0 aliphatic heterocycles. The summed E-state index contributed by atoms with van der Waals surface area (Å²) in [6.07, 6.45) is 5.14. The van der Waals surface area contributed by atoms with E-state index in [1.807, 2.05) is 0 Å². The summed E-state index contributed by atoms with van der Waals surface area (Å²) in [4.78, 5) is 0. The van der Waals surface area contributed by atoms with Crippen LogP contribution < -0.4 is 5.73 Å². The fourth-order valence-electron chi connectivity index (χ4n) is 1.82. The summed E-state index contributed by atoms with van der Waals surface area (Å²) in [5, 5.41) is 0. The Hall–Kier alpha value is -0.0400. The quantitative estimate of drug-likeness (QED) is 0.652. The Balaban J connectivity index is 3.89. The molecular weight excluding hydrogens is 146 g/mol. The van der Waals surface area contributed by atoms with Crippen LogP contribution >= 0.6 is 0 Å². The largest absolute Gasteiger partial charge is 0.327 e. The van der Waals surface area contributed by atoms with Crippen LogP contribution in [0.15, 0.2) is 0 Å². The van der Waals surface area contributed by atoms with Gasteiger partial charge in [-0.1, -0.05) is 40.5 Å². The molecule has 0 spiro atoms. The van der Waals surface area contributed by atoms with E-state index in [-0.39, 0.29) is 0 Å². The van der Waals surface area contributed by atoms with Gasteiger partial charge in [0, 0.05) is 6.04 Å². The van der Waals surface area contributed by atoms with Crippen molar-refractivity contribution >= 4 is 0 Å². The van der Waals surface area contributed by atoms with Crippen molar-refractivity contribution in [3.8, 4) is 0 Å². The fraction of sp³-hybridized carbons (Fsp3) is 1.00. The first-order chi connectivity index (χ1) is 5.63. The zero-order valence-electron chi connectivity index (χ0n) is 9.14. The Morgan fingerprint density at radius 1 is 1.00 bits per heavy atom. The van der Waals surface area contributed by atoms with Gasteiger partial charge in [-0.3, -0.25) is 0 Å². The van der Waals surface area contributed by atoms with Crippen molar-refractivity contribution in [1.82, 2.24) is 0 Å². The van der Waals surface area contributed by atoms with E-state index >= 15 is 0 Å². The number of rotatable bonds is 6. The average Bonchev–Trinajstić information content (AvgIpc) is 2.03. The van der Waals surface area contributed by atoms with Gasteiger partial charge in [0.2, 0.25) is 0 Å². The third-order valence-electron chi connectivity index (χ3n) is 2.63. The van der Waals surface area contributed by atoms with Gasteiger partial charge in [-0.05, 0) is 24.7 Å². The van der Waals surface area contributed by atoms with Crippen molar-refractivity contribution in [2.45, 2.75) is 59.4 Å². The van der Waals surface area contributed by atoms with Gasteiger partial charge in [-0.25, -0.2) is 0 Å². The summed E-state index contributed by atoms with van der Waals surface area (Å²) in [5.74, 6) is 1.38. The van der Waals surface area contributed by atoms with Crippen LogP contribution in [0.3, 0.4) is 0 Å². The highest BCUT2D eigenvalue weighted by molar-refractivity contribution is 4.75. The molecule has 12 heavy (non-hydrogen) atoms. The van der Waals surface area contributed by atoms with Crippen molar-refractivity contribution in [2.75, 3.05) is 0 Å². The van der Waals surface area contributed by atoms with Crippen LogP contribution in [-0.2, 0) is 0 Å².